The minimum atomic E-state index is -0.301. The van der Waals surface area contributed by atoms with Crippen molar-refractivity contribution in [2.45, 2.75) is 26.8 Å². The van der Waals surface area contributed by atoms with Crippen molar-refractivity contribution >= 4 is 5.91 Å². The molecule has 1 heterocycles. The van der Waals surface area contributed by atoms with Gasteiger partial charge in [0.2, 0.25) is 0 Å². The molecule has 0 aliphatic heterocycles. The van der Waals surface area contributed by atoms with Crippen molar-refractivity contribution in [2.75, 3.05) is 13.2 Å². The smallest absolute Gasteiger partial charge is 0.273 e. The third-order valence-corrected chi connectivity index (χ3v) is 4.22. The van der Waals surface area contributed by atoms with Crippen LogP contribution in [0.1, 0.15) is 42.9 Å². The molecule has 6 heteroatoms. The zero-order valence-corrected chi connectivity index (χ0v) is 16.3. The Balaban J connectivity index is 1.72. The van der Waals surface area contributed by atoms with Crippen molar-refractivity contribution < 1.29 is 18.8 Å². The Morgan fingerprint density at radius 3 is 2.46 bits per heavy atom. The van der Waals surface area contributed by atoms with Crippen molar-refractivity contribution in [3.05, 3.63) is 65.9 Å². The highest BCUT2D eigenvalue weighted by atomic mass is 16.5. The standard InChI is InChI=1S/C22H24N2O4/c1-4-26-19-12-11-17(13-21(19)27-5-2)15(3)23-22(25)18-14-20(28-24-18)16-9-7-6-8-10-16/h6-15H,4-5H2,1-3H3,(H,23,25). The summed E-state index contributed by atoms with van der Waals surface area (Å²) in [5, 5.41) is 6.83. The molecule has 3 aromatic rings. The molecule has 6 nitrogen and oxygen atoms in total. The van der Waals surface area contributed by atoms with E-state index in [0.29, 0.717) is 30.5 Å². The van der Waals surface area contributed by atoms with E-state index in [1.165, 1.54) is 0 Å². The van der Waals surface area contributed by atoms with Gasteiger partial charge in [-0.05, 0) is 38.5 Å². The lowest BCUT2D eigenvalue weighted by atomic mass is 10.1. The van der Waals surface area contributed by atoms with Gasteiger partial charge in [-0.3, -0.25) is 4.79 Å². The van der Waals surface area contributed by atoms with Crippen LogP contribution >= 0.6 is 0 Å². The second-order valence-corrected chi connectivity index (χ2v) is 6.21. The van der Waals surface area contributed by atoms with E-state index in [0.717, 1.165) is 11.1 Å². The minimum absolute atomic E-state index is 0.237. The molecule has 1 aromatic heterocycles. The van der Waals surface area contributed by atoms with E-state index in [2.05, 4.69) is 10.5 Å². The fraction of sp³-hybridized carbons (Fsp3) is 0.273. The Hall–Kier alpha value is -3.28. The van der Waals surface area contributed by atoms with Crippen LogP contribution in [0.2, 0.25) is 0 Å². The number of nitrogens with one attached hydrogen (secondary N) is 1. The van der Waals surface area contributed by atoms with E-state index in [1.807, 2.05) is 69.3 Å². The van der Waals surface area contributed by atoms with Gasteiger partial charge in [0.25, 0.3) is 5.91 Å². The molecule has 146 valence electrons. The Morgan fingerprint density at radius 1 is 1.04 bits per heavy atom. The van der Waals surface area contributed by atoms with Gasteiger partial charge in [0.15, 0.2) is 23.0 Å². The summed E-state index contributed by atoms with van der Waals surface area (Å²) in [6.07, 6.45) is 0. The number of amides is 1. The van der Waals surface area contributed by atoms with Crippen LogP contribution in [0.3, 0.4) is 0 Å². The molecule has 0 bridgehead atoms. The third kappa shape index (κ3) is 4.52. The van der Waals surface area contributed by atoms with Crippen LogP contribution in [0.15, 0.2) is 59.1 Å². The molecule has 0 aliphatic rings. The van der Waals surface area contributed by atoms with Crippen LogP contribution in [-0.4, -0.2) is 24.3 Å². The zero-order chi connectivity index (χ0) is 19.9. The lowest BCUT2D eigenvalue weighted by Crippen LogP contribution is -2.26. The highest BCUT2D eigenvalue weighted by Gasteiger charge is 2.18. The van der Waals surface area contributed by atoms with Gasteiger partial charge in [0.05, 0.1) is 19.3 Å². The summed E-state index contributed by atoms with van der Waals surface area (Å²) in [7, 11) is 0. The molecule has 0 saturated heterocycles. The predicted octanol–water partition coefficient (Wildman–Crippen LogP) is 4.63. The predicted molar refractivity (Wildman–Crippen MR) is 107 cm³/mol. The number of hydrogen-bond acceptors (Lipinski definition) is 5. The fourth-order valence-electron chi connectivity index (χ4n) is 2.81. The molecule has 0 fully saturated rings. The SMILES string of the molecule is CCOc1ccc(C(C)NC(=O)c2cc(-c3ccccc3)on2)cc1OCC. The van der Waals surface area contributed by atoms with Crippen molar-refractivity contribution in [1.82, 2.24) is 10.5 Å². The minimum Gasteiger partial charge on any atom is -0.490 e. The van der Waals surface area contributed by atoms with Gasteiger partial charge < -0.3 is 19.3 Å². The first-order valence-electron chi connectivity index (χ1n) is 9.35. The average molecular weight is 380 g/mol. The number of nitrogens with zero attached hydrogens (tertiary/aromatic N) is 1. The lowest BCUT2D eigenvalue weighted by molar-refractivity contribution is 0.0930. The van der Waals surface area contributed by atoms with Gasteiger partial charge in [-0.25, -0.2) is 0 Å². The van der Waals surface area contributed by atoms with Crippen molar-refractivity contribution in [1.29, 1.82) is 0 Å². The molecule has 0 spiro atoms. The summed E-state index contributed by atoms with van der Waals surface area (Å²) < 4.78 is 16.5. The van der Waals surface area contributed by atoms with Gasteiger partial charge in [-0.15, -0.1) is 0 Å². The molecule has 1 N–H and O–H groups in total. The highest BCUT2D eigenvalue weighted by molar-refractivity contribution is 5.93. The largest absolute Gasteiger partial charge is 0.490 e. The molecule has 1 unspecified atom stereocenters. The topological polar surface area (TPSA) is 73.6 Å². The summed E-state index contributed by atoms with van der Waals surface area (Å²) in [5.74, 6) is 1.61. The second-order valence-electron chi connectivity index (χ2n) is 6.21. The molecule has 0 aliphatic carbocycles. The number of benzene rings is 2. The van der Waals surface area contributed by atoms with Crippen molar-refractivity contribution in [3.8, 4) is 22.8 Å². The number of carbonyl (C=O) groups is 1. The second kappa shape index (κ2) is 9.08. The summed E-state index contributed by atoms with van der Waals surface area (Å²) in [6.45, 7) is 6.84. The summed E-state index contributed by atoms with van der Waals surface area (Å²) in [5.41, 5.74) is 2.02. The summed E-state index contributed by atoms with van der Waals surface area (Å²) >= 11 is 0. The zero-order valence-electron chi connectivity index (χ0n) is 16.3. The molecule has 0 saturated carbocycles. The molecule has 1 atom stereocenters. The monoisotopic (exact) mass is 380 g/mol. The van der Waals surface area contributed by atoms with Crippen LogP contribution in [0, 0.1) is 0 Å². The molecule has 2 aromatic carbocycles. The number of ether oxygens (including phenoxy) is 2. The maximum Gasteiger partial charge on any atom is 0.273 e. The number of hydrogen-bond donors (Lipinski definition) is 1. The summed E-state index contributed by atoms with van der Waals surface area (Å²) in [6, 6.07) is 16.6. The van der Waals surface area contributed by atoms with Gasteiger partial charge in [-0.1, -0.05) is 41.6 Å². The fourth-order valence-corrected chi connectivity index (χ4v) is 2.81. The van der Waals surface area contributed by atoms with Crippen LogP contribution in [-0.2, 0) is 0 Å². The van der Waals surface area contributed by atoms with E-state index in [1.54, 1.807) is 6.07 Å². The van der Waals surface area contributed by atoms with E-state index in [9.17, 15) is 4.79 Å². The molecular formula is C22H24N2O4. The highest BCUT2D eigenvalue weighted by Crippen LogP contribution is 2.31. The Morgan fingerprint density at radius 2 is 1.75 bits per heavy atom. The maximum absolute atomic E-state index is 12.6. The number of aromatic nitrogens is 1. The van der Waals surface area contributed by atoms with E-state index >= 15 is 0 Å². The molecule has 28 heavy (non-hydrogen) atoms. The quantitative estimate of drug-likeness (QED) is 0.617. The van der Waals surface area contributed by atoms with Gasteiger partial charge >= 0.3 is 0 Å². The average Bonchev–Trinajstić information content (AvgIpc) is 3.21. The first-order chi connectivity index (χ1) is 13.6. The first-order valence-corrected chi connectivity index (χ1v) is 9.35. The van der Waals surface area contributed by atoms with Crippen LogP contribution in [0.4, 0.5) is 0 Å². The number of rotatable bonds is 8. The van der Waals surface area contributed by atoms with Crippen LogP contribution in [0.5, 0.6) is 11.5 Å². The molecule has 3 rings (SSSR count). The lowest BCUT2D eigenvalue weighted by Gasteiger charge is -2.17. The Bertz CT molecular complexity index is 921. The van der Waals surface area contributed by atoms with Crippen LogP contribution in [0.25, 0.3) is 11.3 Å². The molecular weight excluding hydrogens is 356 g/mol. The Labute approximate surface area is 164 Å². The van der Waals surface area contributed by atoms with Gasteiger partial charge in [0.1, 0.15) is 0 Å². The van der Waals surface area contributed by atoms with Gasteiger partial charge in [0, 0.05) is 11.6 Å². The molecule has 0 radical (unpaired) electrons. The van der Waals surface area contributed by atoms with E-state index < -0.39 is 0 Å². The van der Waals surface area contributed by atoms with E-state index in [-0.39, 0.29) is 17.6 Å². The van der Waals surface area contributed by atoms with Crippen molar-refractivity contribution in [3.63, 3.8) is 0 Å². The normalized spacial score (nSPS) is 11.7. The number of carbonyl (C=O) groups excluding carboxylic acids is 1. The van der Waals surface area contributed by atoms with Gasteiger partial charge in [-0.2, -0.15) is 0 Å². The maximum atomic E-state index is 12.6. The molecule has 1 amide bonds. The van der Waals surface area contributed by atoms with E-state index in [4.69, 9.17) is 14.0 Å². The Kier molecular flexibility index (Phi) is 6.32. The van der Waals surface area contributed by atoms with Crippen molar-refractivity contribution in [2.24, 2.45) is 0 Å². The third-order valence-electron chi connectivity index (χ3n) is 4.22. The summed E-state index contributed by atoms with van der Waals surface area (Å²) in [4.78, 5) is 12.6. The van der Waals surface area contributed by atoms with Crippen LogP contribution < -0.4 is 14.8 Å². The first kappa shape index (κ1) is 19.5.